The van der Waals surface area contributed by atoms with Crippen molar-refractivity contribution in [3.05, 3.63) is 0 Å². The zero-order valence-corrected chi connectivity index (χ0v) is 9.32. The molecule has 0 aromatic carbocycles. The molecular formula is C8H19NO3S. The van der Waals surface area contributed by atoms with E-state index in [1.165, 1.54) is 6.26 Å². The molecular weight excluding hydrogens is 190 g/mol. The predicted molar refractivity (Wildman–Crippen MR) is 53.5 cm³/mol. The molecule has 0 saturated carbocycles. The molecule has 0 amide bonds. The van der Waals surface area contributed by atoms with Crippen molar-refractivity contribution in [2.45, 2.75) is 25.9 Å². The van der Waals surface area contributed by atoms with Crippen LogP contribution in [-0.4, -0.2) is 44.2 Å². The van der Waals surface area contributed by atoms with E-state index in [2.05, 4.69) is 5.32 Å². The summed E-state index contributed by atoms with van der Waals surface area (Å²) in [5.41, 5.74) is -0.731. The summed E-state index contributed by atoms with van der Waals surface area (Å²) in [6.07, 6.45) is 1.82. The average molecular weight is 209 g/mol. The van der Waals surface area contributed by atoms with E-state index >= 15 is 0 Å². The van der Waals surface area contributed by atoms with Gasteiger partial charge in [0.25, 0.3) is 0 Å². The zero-order valence-electron chi connectivity index (χ0n) is 8.50. The molecule has 0 bridgehead atoms. The number of aliphatic hydroxyl groups is 1. The largest absolute Gasteiger partial charge is 0.389 e. The lowest BCUT2D eigenvalue weighted by Crippen LogP contribution is -2.35. The lowest BCUT2D eigenvalue weighted by Gasteiger charge is -2.17. The Labute approximate surface area is 80.3 Å². The van der Waals surface area contributed by atoms with Crippen LogP contribution in [0.15, 0.2) is 0 Å². The van der Waals surface area contributed by atoms with Gasteiger partial charge >= 0.3 is 0 Å². The Morgan fingerprint density at radius 3 is 2.31 bits per heavy atom. The smallest absolute Gasteiger partial charge is 0.147 e. The highest BCUT2D eigenvalue weighted by molar-refractivity contribution is 7.90. The molecule has 0 aliphatic carbocycles. The normalized spacial score (nSPS) is 13.2. The first-order chi connectivity index (χ1) is 5.71. The third kappa shape index (κ3) is 11.9. The van der Waals surface area contributed by atoms with Crippen LogP contribution < -0.4 is 5.32 Å². The maximum Gasteiger partial charge on any atom is 0.147 e. The first-order valence-electron chi connectivity index (χ1n) is 4.31. The maximum atomic E-state index is 10.7. The summed E-state index contributed by atoms with van der Waals surface area (Å²) in [6.45, 7) is 4.51. The van der Waals surface area contributed by atoms with Crippen LogP contribution in [0.3, 0.4) is 0 Å². The van der Waals surface area contributed by atoms with Gasteiger partial charge in [-0.1, -0.05) is 0 Å². The highest BCUT2D eigenvalue weighted by atomic mass is 32.2. The first kappa shape index (κ1) is 12.9. The minimum Gasteiger partial charge on any atom is -0.389 e. The third-order valence-electron chi connectivity index (χ3n) is 1.43. The van der Waals surface area contributed by atoms with Crippen LogP contribution >= 0.6 is 0 Å². The summed E-state index contributed by atoms with van der Waals surface area (Å²) in [4.78, 5) is 0. The molecule has 0 aliphatic rings. The van der Waals surface area contributed by atoms with Gasteiger partial charge in [-0.05, 0) is 26.8 Å². The van der Waals surface area contributed by atoms with E-state index < -0.39 is 15.4 Å². The molecule has 0 fully saturated rings. The number of hydrogen-bond acceptors (Lipinski definition) is 4. The van der Waals surface area contributed by atoms with Gasteiger partial charge in [0, 0.05) is 12.8 Å². The SMILES string of the molecule is CC(C)(O)CNCCCS(C)(=O)=O. The van der Waals surface area contributed by atoms with Crippen molar-refractivity contribution in [3.8, 4) is 0 Å². The summed E-state index contributed by atoms with van der Waals surface area (Å²) in [7, 11) is -2.84. The molecule has 0 saturated heterocycles. The molecule has 2 N–H and O–H groups in total. The quantitative estimate of drug-likeness (QED) is 0.594. The topological polar surface area (TPSA) is 66.4 Å². The second kappa shape index (κ2) is 4.93. The molecule has 0 aromatic heterocycles. The van der Waals surface area contributed by atoms with Crippen molar-refractivity contribution in [3.63, 3.8) is 0 Å². The molecule has 0 heterocycles. The van der Waals surface area contributed by atoms with Crippen molar-refractivity contribution in [1.82, 2.24) is 5.32 Å². The van der Waals surface area contributed by atoms with Crippen molar-refractivity contribution < 1.29 is 13.5 Å². The standard InChI is InChI=1S/C8H19NO3S/c1-8(2,10)7-9-5-4-6-13(3,11)12/h9-10H,4-7H2,1-3H3. The fourth-order valence-electron chi connectivity index (χ4n) is 0.854. The predicted octanol–water partition coefficient (Wildman–Crippen LogP) is -0.218. The Balaban J connectivity index is 3.39. The van der Waals surface area contributed by atoms with Crippen LogP contribution in [0.25, 0.3) is 0 Å². The Morgan fingerprint density at radius 2 is 1.92 bits per heavy atom. The van der Waals surface area contributed by atoms with Crippen LogP contribution in [0.2, 0.25) is 0 Å². The van der Waals surface area contributed by atoms with Crippen LogP contribution in [0, 0.1) is 0 Å². The Hall–Kier alpha value is -0.130. The van der Waals surface area contributed by atoms with Gasteiger partial charge < -0.3 is 10.4 Å². The second-order valence-corrected chi connectivity index (χ2v) is 6.23. The molecule has 0 rings (SSSR count). The molecule has 0 aliphatic heterocycles. The van der Waals surface area contributed by atoms with Gasteiger partial charge in [0.05, 0.1) is 11.4 Å². The summed E-state index contributed by atoms with van der Waals surface area (Å²) in [6, 6.07) is 0. The van der Waals surface area contributed by atoms with E-state index in [1.807, 2.05) is 0 Å². The minimum absolute atomic E-state index is 0.200. The highest BCUT2D eigenvalue weighted by Gasteiger charge is 2.10. The number of rotatable bonds is 6. The molecule has 5 heteroatoms. The molecule has 13 heavy (non-hydrogen) atoms. The van der Waals surface area contributed by atoms with Crippen molar-refractivity contribution in [1.29, 1.82) is 0 Å². The lowest BCUT2D eigenvalue weighted by molar-refractivity contribution is 0.0801. The van der Waals surface area contributed by atoms with E-state index in [1.54, 1.807) is 13.8 Å². The Morgan fingerprint density at radius 1 is 1.38 bits per heavy atom. The molecule has 0 unspecified atom stereocenters. The number of sulfone groups is 1. The van der Waals surface area contributed by atoms with Crippen LogP contribution in [0.5, 0.6) is 0 Å². The monoisotopic (exact) mass is 209 g/mol. The summed E-state index contributed by atoms with van der Waals surface area (Å²) >= 11 is 0. The van der Waals surface area contributed by atoms with Gasteiger partial charge in [0.15, 0.2) is 0 Å². The van der Waals surface area contributed by atoms with Crippen molar-refractivity contribution in [2.24, 2.45) is 0 Å². The van der Waals surface area contributed by atoms with Gasteiger partial charge in [-0.25, -0.2) is 8.42 Å². The second-order valence-electron chi connectivity index (χ2n) is 3.97. The molecule has 0 radical (unpaired) electrons. The molecule has 0 aromatic rings. The Bertz CT molecular complexity index is 228. The fraction of sp³-hybridized carbons (Fsp3) is 1.00. The maximum absolute atomic E-state index is 10.7. The van der Waals surface area contributed by atoms with Crippen molar-refractivity contribution in [2.75, 3.05) is 25.1 Å². The summed E-state index contributed by atoms with van der Waals surface area (Å²) < 4.78 is 21.4. The van der Waals surface area contributed by atoms with Crippen LogP contribution in [0.1, 0.15) is 20.3 Å². The van der Waals surface area contributed by atoms with Crippen LogP contribution in [-0.2, 0) is 9.84 Å². The van der Waals surface area contributed by atoms with Gasteiger partial charge in [0.1, 0.15) is 9.84 Å². The van der Waals surface area contributed by atoms with E-state index in [0.717, 1.165) is 0 Å². The van der Waals surface area contributed by atoms with E-state index in [0.29, 0.717) is 19.5 Å². The average Bonchev–Trinajstić information content (AvgIpc) is 1.81. The Kier molecular flexibility index (Phi) is 4.88. The van der Waals surface area contributed by atoms with Gasteiger partial charge in [-0.3, -0.25) is 0 Å². The number of nitrogens with one attached hydrogen (secondary N) is 1. The zero-order chi connectivity index (χ0) is 10.5. The van der Waals surface area contributed by atoms with E-state index in [-0.39, 0.29) is 5.75 Å². The van der Waals surface area contributed by atoms with E-state index in [4.69, 9.17) is 0 Å². The molecule has 0 atom stereocenters. The summed E-state index contributed by atoms with van der Waals surface area (Å²) in [5, 5.41) is 12.3. The molecule has 80 valence electrons. The van der Waals surface area contributed by atoms with Gasteiger partial charge in [-0.2, -0.15) is 0 Å². The van der Waals surface area contributed by atoms with Crippen molar-refractivity contribution >= 4 is 9.84 Å². The number of hydrogen-bond donors (Lipinski definition) is 2. The first-order valence-corrected chi connectivity index (χ1v) is 6.38. The fourth-order valence-corrected chi connectivity index (χ4v) is 1.52. The highest BCUT2D eigenvalue weighted by Crippen LogP contribution is 1.97. The van der Waals surface area contributed by atoms with Gasteiger partial charge in [0.2, 0.25) is 0 Å². The van der Waals surface area contributed by atoms with E-state index in [9.17, 15) is 13.5 Å². The molecule has 4 nitrogen and oxygen atoms in total. The molecule has 0 spiro atoms. The lowest BCUT2D eigenvalue weighted by atomic mass is 10.1. The van der Waals surface area contributed by atoms with Crippen LogP contribution in [0.4, 0.5) is 0 Å². The minimum atomic E-state index is -2.84. The third-order valence-corrected chi connectivity index (χ3v) is 2.46. The van der Waals surface area contributed by atoms with Gasteiger partial charge in [-0.15, -0.1) is 0 Å². The summed E-state index contributed by atoms with van der Waals surface area (Å²) in [5.74, 6) is 0.200.